The third-order valence-corrected chi connectivity index (χ3v) is 3.60. The number of carbonyl (C=O) groups excluding carboxylic acids is 2. The molecule has 0 atom stereocenters. The fourth-order valence-corrected chi connectivity index (χ4v) is 2.37. The van der Waals surface area contributed by atoms with Gasteiger partial charge in [0.05, 0.1) is 0 Å². The van der Waals surface area contributed by atoms with Gasteiger partial charge in [0.25, 0.3) is 5.91 Å². The van der Waals surface area contributed by atoms with Crippen LogP contribution in [0.4, 0.5) is 5.69 Å². The van der Waals surface area contributed by atoms with E-state index in [1.54, 1.807) is 24.3 Å². The number of Topliss-reactive ketones (excluding diaryl/α,β-unsaturated/α-hetero) is 1. The molecule has 0 unspecified atom stereocenters. The molecule has 2 aromatic rings. The Labute approximate surface area is 137 Å². The number of nitrogens with one attached hydrogen (secondary N) is 1. The van der Waals surface area contributed by atoms with Gasteiger partial charge in [-0.2, -0.15) is 0 Å². The first kappa shape index (κ1) is 15.9. The zero-order valence-electron chi connectivity index (χ0n) is 13.1. The number of aromatic nitrogens is 2. The van der Waals surface area contributed by atoms with Gasteiger partial charge < -0.3 is 10.2 Å². The smallest absolute Gasteiger partial charge is 0.265 e. The van der Waals surface area contributed by atoms with Crippen LogP contribution in [0.3, 0.4) is 0 Å². The maximum absolute atomic E-state index is 11.8. The van der Waals surface area contributed by atoms with Crippen molar-refractivity contribution in [3.05, 3.63) is 41.2 Å². The predicted octanol–water partition coefficient (Wildman–Crippen LogP) is 1.97. The van der Waals surface area contributed by atoms with E-state index in [1.807, 2.05) is 0 Å². The highest BCUT2D eigenvalue weighted by Crippen LogP contribution is 2.18. The molecular formula is C16H16N4O4. The summed E-state index contributed by atoms with van der Waals surface area (Å²) in [5.41, 5.74) is 3.17. The summed E-state index contributed by atoms with van der Waals surface area (Å²) in [4.78, 5) is 28.2. The monoisotopic (exact) mass is 328 g/mol. The van der Waals surface area contributed by atoms with Gasteiger partial charge in [0.15, 0.2) is 18.1 Å². The Balaban J connectivity index is 1.53. The highest BCUT2D eigenvalue weighted by Gasteiger charge is 2.21. The van der Waals surface area contributed by atoms with E-state index in [0.717, 1.165) is 18.5 Å². The van der Waals surface area contributed by atoms with Gasteiger partial charge in [-0.25, -0.2) is 4.63 Å². The largest absolute Gasteiger partial charge is 0.385 e. The normalized spacial score (nSPS) is 15.0. The Morgan fingerprint density at radius 1 is 1.25 bits per heavy atom. The first-order valence-electron chi connectivity index (χ1n) is 7.55. The average molecular weight is 328 g/mol. The maximum Gasteiger partial charge on any atom is 0.265 e. The van der Waals surface area contributed by atoms with Crippen molar-refractivity contribution in [3.63, 3.8) is 0 Å². The van der Waals surface area contributed by atoms with Gasteiger partial charge in [-0.15, -0.1) is 0 Å². The summed E-state index contributed by atoms with van der Waals surface area (Å²) in [5, 5.41) is 14.2. The van der Waals surface area contributed by atoms with Crippen LogP contribution >= 0.6 is 0 Å². The molecule has 0 saturated heterocycles. The molecule has 8 nitrogen and oxygen atoms in total. The number of aryl methyl sites for hydroxylation is 1. The number of hydrogen-bond donors (Lipinski definition) is 1. The van der Waals surface area contributed by atoms with Crippen molar-refractivity contribution in [1.29, 1.82) is 0 Å². The van der Waals surface area contributed by atoms with Crippen LogP contribution in [-0.4, -0.2) is 34.3 Å². The second kappa shape index (κ2) is 7.03. The van der Waals surface area contributed by atoms with Crippen LogP contribution in [0.25, 0.3) is 0 Å². The van der Waals surface area contributed by atoms with E-state index in [0.29, 0.717) is 29.1 Å². The quantitative estimate of drug-likeness (QED) is 0.664. The van der Waals surface area contributed by atoms with E-state index in [-0.39, 0.29) is 18.3 Å². The van der Waals surface area contributed by atoms with E-state index >= 15 is 0 Å². The zero-order valence-corrected chi connectivity index (χ0v) is 13.1. The van der Waals surface area contributed by atoms with Crippen LogP contribution in [0.15, 0.2) is 34.1 Å². The molecule has 1 aliphatic carbocycles. The van der Waals surface area contributed by atoms with Crippen molar-refractivity contribution < 1.29 is 19.1 Å². The summed E-state index contributed by atoms with van der Waals surface area (Å²) in [6.45, 7) is 1.26. The SMILES string of the molecule is CC(=O)c1ccc(NC(=O)CO/N=C2\CCCc3nonc32)cc1. The number of hydrogen-bond acceptors (Lipinski definition) is 7. The number of anilines is 1. The molecule has 1 amide bonds. The van der Waals surface area contributed by atoms with Crippen molar-refractivity contribution in [2.75, 3.05) is 11.9 Å². The van der Waals surface area contributed by atoms with E-state index < -0.39 is 0 Å². The second-order valence-electron chi connectivity index (χ2n) is 5.41. The fraction of sp³-hybridized carbons (Fsp3) is 0.312. The highest BCUT2D eigenvalue weighted by atomic mass is 16.6. The molecule has 124 valence electrons. The van der Waals surface area contributed by atoms with Crippen molar-refractivity contribution in [2.24, 2.45) is 5.16 Å². The van der Waals surface area contributed by atoms with Crippen LogP contribution < -0.4 is 5.32 Å². The molecule has 1 heterocycles. The van der Waals surface area contributed by atoms with Crippen LogP contribution in [0.2, 0.25) is 0 Å². The number of carbonyl (C=O) groups is 2. The minimum Gasteiger partial charge on any atom is -0.385 e. The first-order valence-corrected chi connectivity index (χ1v) is 7.55. The minimum atomic E-state index is -0.343. The molecule has 0 radical (unpaired) electrons. The molecule has 24 heavy (non-hydrogen) atoms. The number of amides is 1. The average Bonchev–Trinajstić information content (AvgIpc) is 3.05. The number of fused-ring (bicyclic) bond motifs is 1. The molecule has 1 aromatic heterocycles. The number of rotatable bonds is 5. The lowest BCUT2D eigenvalue weighted by Gasteiger charge is -2.09. The van der Waals surface area contributed by atoms with Crippen LogP contribution in [0.5, 0.6) is 0 Å². The van der Waals surface area contributed by atoms with Crippen molar-refractivity contribution in [3.8, 4) is 0 Å². The molecule has 0 spiro atoms. The number of nitrogens with zero attached hydrogens (tertiary/aromatic N) is 3. The maximum atomic E-state index is 11.8. The van der Waals surface area contributed by atoms with E-state index in [4.69, 9.17) is 9.47 Å². The summed E-state index contributed by atoms with van der Waals surface area (Å²) in [5.74, 6) is -0.370. The van der Waals surface area contributed by atoms with Crippen molar-refractivity contribution >= 4 is 23.1 Å². The molecular weight excluding hydrogens is 312 g/mol. The lowest BCUT2D eigenvalue weighted by atomic mass is 9.99. The Morgan fingerprint density at radius 3 is 2.79 bits per heavy atom. The number of oxime groups is 1. The first-order chi connectivity index (χ1) is 11.6. The second-order valence-corrected chi connectivity index (χ2v) is 5.41. The Morgan fingerprint density at radius 2 is 2.04 bits per heavy atom. The number of ketones is 1. The molecule has 0 fully saturated rings. The van der Waals surface area contributed by atoms with Gasteiger partial charge in [0.2, 0.25) is 0 Å². The van der Waals surface area contributed by atoms with Gasteiger partial charge in [-0.05, 0) is 55.6 Å². The van der Waals surface area contributed by atoms with Gasteiger partial charge in [-0.3, -0.25) is 9.59 Å². The Kier molecular flexibility index (Phi) is 4.64. The Hall–Kier alpha value is -3.03. The summed E-state index contributed by atoms with van der Waals surface area (Å²) >= 11 is 0. The van der Waals surface area contributed by atoms with E-state index in [9.17, 15) is 9.59 Å². The third-order valence-electron chi connectivity index (χ3n) is 3.60. The molecule has 1 aliphatic rings. The van der Waals surface area contributed by atoms with Crippen molar-refractivity contribution in [2.45, 2.75) is 26.2 Å². The van der Waals surface area contributed by atoms with Gasteiger partial charge in [0, 0.05) is 11.3 Å². The van der Waals surface area contributed by atoms with Crippen LogP contribution in [-0.2, 0) is 16.1 Å². The topological polar surface area (TPSA) is 107 Å². The van der Waals surface area contributed by atoms with Crippen LogP contribution in [0, 0.1) is 0 Å². The van der Waals surface area contributed by atoms with Gasteiger partial charge >= 0.3 is 0 Å². The summed E-state index contributed by atoms with van der Waals surface area (Å²) in [6.07, 6.45) is 2.39. The number of benzene rings is 1. The molecule has 0 aliphatic heterocycles. The summed E-state index contributed by atoms with van der Waals surface area (Å²) in [6, 6.07) is 6.63. The lowest BCUT2D eigenvalue weighted by molar-refractivity contribution is -0.120. The molecule has 0 saturated carbocycles. The summed E-state index contributed by atoms with van der Waals surface area (Å²) < 4.78 is 4.69. The summed E-state index contributed by atoms with van der Waals surface area (Å²) in [7, 11) is 0. The molecule has 1 N–H and O–H groups in total. The molecule has 1 aromatic carbocycles. The van der Waals surface area contributed by atoms with E-state index in [2.05, 4.69) is 20.8 Å². The van der Waals surface area contributed by atoms with Crippen LogP contribution in [0.1, 0.15) is 41.5 Å². The van der Waals surface area contributed by atoms with E-state index in [1.165, 1.54) is 6.92 Å². The lowest BCUT2D eigenvalue weighted by Crippen LogP contribution is -2.18. The molecule has 0 bridgehead atoms. The Bertz CT molecular complexity index is 780. The predicted molar refractivity (Wildman–Crippen MR) is 84.8 cm³/mol. The van der Waals surface area contributed by atoms with Crippen molar-refractivity contribution in [1.82, 2.24) is 10.3 Å². The van der Waals surface area contributed by atoms with Gasteiger partial charge in [-0.1, -0.05) is 10.3 Å². The minimum absolute atomic E-state index is 0.0266. The highest BCUT2D eigenvalue weighted by molar-refractivity contribution is 6.00. The zero-order chi connectivity index (χ0) is 16.9. The third kappa shape index (κ3) is 3.65. The fourth-order valence-electron chi connectivity index (χ4n) is 2.37. The molecule has 8 heteroatoms. The molecule has 3 rings (SSSR count). The van der Waals surface area contributed by atoms with Gasteiger partial charge in [0.1, 0.15) is 11.4 Å². The standard InChI is InChI=1S/C16H16N4O4/c1-10(21)11-5-7-12(8-6-11)17-15(22)9-23-18-13-3-2-4-14-16(13)20-24-19-14/h5-8H,2-4,9H2,1H3,(H,17,22)/b18-13+.